The molecule has 0 unspecified atom stereocenters. The molecule has 0 aliphatic heterocycles. The highest BCUT2D eigenvalue weighted by Crippen LogP contribution is 2.30. The minimum absolute atomic E-state index is 0.181. The predicted molar refractivity (Wildman–Crippen MR) is 128 cm³/mol. The lowest BCUT2D eigenvalue weighted by atomic mass is 10.2. The van der Waals surface area contributed by atoms with E-state index in [4.69, 9.17) is 21.4 Å². The van der Waals surface area contributed by atoms with Gasteiger partial charge in [-0.25, -0.2) is 4.98 Å². The smallest absolute Gasteiger partial charge is 0.257 e. The number of anilines is 1. The molecule has 0 spiro atoms. The molecule has 31 heavy (non-hydrogen) atoms. The summed E-state index contributed by atoms with van der Waals surface area (Å²) in [5.74, 6) is 0.828. The minimum atomic E-state index is -0.321. The van der Waals surface area contributed by atoms with E-state index in [0.717, 1.165) is 10.0 Å². The fourth-order valence-corrected chi connectivity index (χ4v) is 3.65. The van der Waals surface area contributed by atoms with E-state index < -0.39 is 0 Å². The molecule has 1 aromatic heterocycles. The molecule has 2 N–H and O–H groups in total. The SMILES string of the molecule is CCOc1cccc(C(=O)NC(=S)Nc2ccc3oc(-c4ccccc4Br)nc3c2)c1. The van der Waals surface area contributed by atoms with Crippen LogP contribution < -0.4 is 15.4 Å². The van der Waals surface area contributed by atoms with Gasteiger partial charge in [-0.15, -0.1) is 0 Å². The number of nitrogens with one attached hydrogen (secondary N) is 2. The second-order valence-electron chi connectivity index (χ2n) is 6.55. The maximum absolute atomic E-state index is 12.5. The molecule has 0 aliphatic rings. The third-order valence-electron chi connectivity index (χ3n) is 4.38. The molecule has 1 heterocycles. The van der Waals surface area contributed by atoms with Crippen LogP contribution >= 0.6 is 28.1 Å². The van der Waals surface area contributed by atoms with Crippen LogP contribution in [0.25, 0.3) is 22.6 Å². The molecular formula is C23H18BrN3O3S. The van der Waals surface area contributed by atoms with Crippen molar-refractivity contribution in [3.8, 4) is 17.2 Å². The van der Waals surface area contributed by atoms with Crippen molar-refractivity contribution in [3.63, 3.8) is 0 Å². The van der Waals surface area contributed by atoms with E-state index in [-0.39, 0.29) is 11.0 Å². The number of ether oxygens (including phenoxy) is 1. The first-order valence-corrected chi connectivity index (χ1v) is 10.7. The number of amides is 1. The molecule has 156 valence electrons. The Morgan fingerprint density at radius 3 is 2.77 bits per heavy atom. The highest BCUT2D eigenvalue weighted by molar-refractivity contribution is 9.10. The minimum Gasteiger partial charge on any atom is -0.494 e. The standard InChI is InChI=1S/C23H18BrN3O3S/c1-2-29-16-7-5-6-14(12-16)21(28)27-23(31)25-15-10-11-20-19(13-15)26-22(30-20)17-8-3-4-9-18(17)24/h3-13H,2H2,1H3,(H2,25,27,28,31). The Morgan fingerprint density at radius 2 is 1.97 bits per heavy atom. The van der Waals surface area contributed by atoms with Crippen molar-refractivity contribution in [1.29, 1.82) is 0 Å². The quantitative estimate of drug-likeness (QED) is 0.341. The lowest BCUT2D eigenvalue weighted by molar-refractivity contribution is 0.0977. The van der Waals surface area contributed by atoms with E-state index in [1.807, 2.05) is 43.3 Å². The number of nitrogens with zero attached hydrogens (tertiary/aromatic N) is 1. The first-order chi connectivity index (χ1) is 15.0. The largest absolute Gasteiger partial charge is 0.494 e. The van der Waals surface area contributed by atoms with Crippen LogP contribution in [0.15, 0.2) is 75.6 Å². The third kappa shape index (κ3) is 4.92. The molecule has 6 nitrogen and oxygen atoms in total. The third-order valence-corrected chi connectivity index (χ3v) is 5.28. The van der Waals surface area contributed by atoms with Crippen molar-refractivity contribution in [1.82, 2.24) is 10.3 Å². The summed E-state index contributed by atoms with van der Waals surface area (Å²) in [7, 11) is 0. The van der Waals surface area contributed by atoms with Crippen molar-refractivity contribution < 1.29 is 13.9 Å². The van der Waals surface area contributed by atoms with E-state index in [1.165, 1.54) is 0 Å². The first-order valence-electron chi connectivity index (χ1n) is 9.54. The maximum atomic E-state index is 12.5. The number of carbonyl (C=O) groups is 1. The van der Waals surface area contributed by atoms with Crippen molar-refractivity contribution in [2.45, 2.75) is 6.92 Å². The molecule has 1 amide bonds. The number of thiocarbonyl (C=S) groups is 1. The fourth-order valence-electron chi connectivity index (χ4n) is 2.99. The van der Waals surface area contributed by atoms with E-state index in [1.54, 1.807) is 30.3 Å². The summed E-state index contributed by atoms with van der Waals surface area (Å²) < 4.78 is 12.2. The fraction of sp³-hybridized carbons (Fsp3) is 0.0870. The molecule has 8 heteroatoms. The van der Waals surface area contributed by atoms with E-state index in [2.05, 4.69) is 31.5 Å². The molecule has 0 atom stereocenters. The Morgan fingerprint density at radius 1 is 1.13 bits per heavy atom. The zero-order chi connectivity index (χ0) is 21.8. The molecule has 4 aromatic rings. The van der Waals surface area contributed by atoms with Crippen molar-refractivity contribution >= 4 is 56.0 Å². The van der Waals surface area contributed by atoms with E-state index in [0.29, 0.717) is 40.6 Å². The number of aromatic nitrogens is 1. The van der Waals surface area contributed by atoms with Gasteiger partial charge in [0.2, 0.25) is 5.89 Å². The first kappa shape index (κ1) is 21.0. The molecule has 3 aromatic carbocycles. The Hall–Kier alpha value is -3.23. The van der Waals surface area contributed by atoms with Gasteiger partial charge in [-0.2, -0.15) is 0 Å². The molecule has 0 saturated carbocycles. The molecule has 0 radical (unpaired) electrons. The van der Waals surface area contributed by atoms with Crippen molar-refractivity contribution in [2.24, 2.45) is 0 Å². The molecule has 0 aliphatic carbocycles. The number of fused-ring (bicyclic) bond motifs is 1. The van der Waals surface area contributed by atoms with Gasteiger partial charge < -0.3 is 14.5 Å². The van der Waals surface area contributed by atoms with Crippen LogP contribution in [-0.4, -0.2) is 22.6 Å². The summed E-state index contributed by atoms with van der Waals surface area (Å²) in [5, 5.41) is 5.87. The highest BCUT2D eigenvalue weighted by atomic mass is 79.9. The van der Waals surface area contributed by atoms with Crippen LogP contribution in [0.5, 0.6) is 5.75 Å². The number of halogens is 1. The van der Waals surface area contributed by atoms with Crippen molar-refractivity contribution in [2.75, 3.05) is 11.9 Å². The number of rotatable bonds is 5. The zero-order valence-electron chi connectivity index (χ0n) is 16.5. The summed E-state index contributed by atoms with van der Waals surface area (Å²) >= 11 is 8.81. The van der Waals surface area contributed by atoms with Gasteiger partial charge in [0.25, 0.3) is 5.91 Å². The van der Waals surface area contributed by atoms with Gasteiger partial charge in [-0.3, -0.25) is 10.1 Å². The number of benzene rings is 3. The van der Waals surface area contributed by atoms with Crippen molar-refractivity contribution in [3.05, 3.63) is 76.8 Å². The van der Waals surface area contributed by atoms with Crippen LogP contribution in [0.1, 0.15) is 17.3 Å². The molecule has 0 fully saturated rings. The zero-order valence-corrected chi connectivity index (χ0v) is 18.9. The summed E-state index contributed by atoms with van der Waals surface area (Å²) in [5.41, 5.74) is 3.34. The average molecular weight is 496 g/mol. The normalized spacial score (nSPS) is 10.6. The van der Waals surface area contributed by atoms with Gasteiger partial charge in [-0.1, -0.05) is 18.2 Å². The van der Waals surface area contributed by atoms with Crippen LogP contribution in [0.4, 0.5) is 5.69 Å². The summed E-state index contributed by atoms with van der Waals surface area (Å²) in [6.07, 6.45) is 0. The second-order valence-corrected chi connectivity index (χ2v) is 7.81. The summed E-state index contributed by atoms with van der Waals surface area (Å²) in [6.45, 7) is 2.41. The van der Waals surface area contributed by atoms with Gasteiger partial charge in [0, 0.05) is 15.7 Å². The number of hydrogen-bond acceptors (Lipinski definition) is 5. The molecule has 4 rings (SSSR count). The van der Waals surface area contributed by atoms with E-state index in [9.17, 15) is 4.79 Å². The molecular weight excluding hydrogens is 478 g/mol. The maximum Gasteiger partial charge on any atom is 0.257 e. The van der Waals surface area contributed by atoms with Gasteiger partial charge in [0.05, 0.1) is 12.2 Å². The lowest BCUT2D eigenvalue weighted by Crippen LogP contribution is -2.34. The average Bonchev–Trinajstić information content (AvgIpc) is 3.17. The summed E-state index contributed by atoms with van der Waals surface area (Å²) in [4.78, 5) is 17.0. The van der Waals surface area contributed by atoms with Crippen LogP contribution in [0.2, 0.25) is 0 Å². The van der Waals surface area contributed by atoms with Crippen LogP contribution in [-0.2, 0) is 0 Å². The Bertz CT molecular complexity index is 1270. The summed E-state index contributed by atoms with van der Waals surface area (Å²) in [6, 6.07) is 20.1. The predicted octanol–water partition coefficient (Wildman–Crippen LogP) is 5.78. The van der Waals surface area contributed by atoms with Crippen LogP contribution in [0.3, 0.4) is 0 Å². The molecule has 0 bridgehead atoms. The van der Waals surface area contributed by atoms with Gasteiger partial charge in [-0.05, 0) is 83.6 Å². The second kappa shape index (κ2) is 9.28. The Kier molecular flexibility index (Phi) is 6.29. The van der Waals surface area contributed by atoms with Gasteiger partial charge in [0.15, 0.2) is 10.7 Å². The van der Waals surface area contributed by atoms with Gasteiger partial charge in [0.1, 0.15) is 11.3 Å². The monoisotopic (exact) mass is 495 g/mol. The Labute approximate surface area is 192 Å². The highest BCUT2D eigenvalue weighted by Gasteiger charge is 2.13. The topological polar surface area (TPSA) is 76.4 Å². The molecule has 0 saturated heterocycles. The van der Waals surface area contributed by atoms with Crippen LogP contribution in [0, 0.1) is 0 Å². The number of hydrogen-bond donors (Lipinski definition) is 2. The number of carbonyl (C=O) groups excluding carboxylic acids is 1. The van der Waals surface area contributed by atoms with E-state index >= 15 is 0 Å². The lowest BCUT2D eigenvalue weighted by Gasteiger charge is -2.10. The van der Waals surface area contributed by atoms with Gasteiger partial charge >= 0.3 is 0 Å². The Balaban J connectivity index is 1.47. The number of oxazole rings is 1.